The molecule has 0 spiro atoms. The third-order valence-corrected chi connectivity index (χ3v) is 12.4. The molecule has 1 atom stereocenters. The number of carbonyl (C=O) groups is 6. The molecule has 0 rings (SSSR count). The van der Waals surface area contributed by atoms with E-state index >= 15 is 0 Å². The van der Waals surface area contributed by atoms with E-state index in [1.807, 2.05) is 0 Å². The fourth-order valence-corrected chi connectivity index (χ4v) is 8.38. The van der Waals surface area contributed by atoms with Crippen molar-refractivity contribution in [2.24, 2.45) is 26.7 Å². The van der Waals surface area contributed by atoms with E-state index in [4.69, 9.17) is 11.5 Å². The van der Waals surface area contributed by atoms with Crippen LogP contribution in [0.3, 0.4) is 0 Å². The van der Waals surface area contributed by atoms with Gasteiger partial charge in [-0.2, -0.15) is 10.2 Å². The topological polar surface area (TPSA) is 264 Å². The quantitative estimate of drug-likeness (QED) is 0.0142. The van der Waals surface area contributed by atoms with E-state index < -0.39 is 11.9 Å². The highest BCUT2D eigenvalue weighted by Gasteiger charge is 2.19. The second-order valence-corrected chi connectivity index (χ2v) is 18.4. The highest BCUT2D eigenvalue weighted by molar-refractivity contribution is 8.77. The van der Waals surface area contributed by atoms with Crippen LogP contribution in [-0.4, -0.2) is 109 Å². The maximum absolute atomic E-state index is 12.7. The minimum Gasteiger partial charge on any atom is -0.370 e. The summed E-state index contributed by atoms with van der Waals surface area (Å²) in [4.78, 5) is 77.0. The summed E-state index contributed by atoms with van der Waals surface area (Å²) in [7, 11) is 4.97. The summed E-state index contributed by atoms with van der Waals surface area (Å²) < 4.78 is 0. The molecule has 59 heavy (non-hydrogen) atoms. The number of unbranched alkanes of at least 4 members (excludes halogenated alkanes) is 14. The highest BCUT2D eigenvalue weighted by Crippen LogP contribution is 2.20. The van der Waals surface area contributed by atoms with Gasteiger partial charge in [-0.05, 0) is 32.1 Å². The predicted molar refractivity (Wildman–Crippen MR) is 249 cm³/mol. The molecule has 0 aliphatic heterocycles. The van der Waals surface area contributed by atoms with Crippen LogP contribution in [0.1, 0.15) is 129 Å². The van der Waals surface area contributed by atoms with Gasteiger partial charge >= 0.3 is 0 Å². The first-order valence-corrected chi connectivity index (χ1v) is 25.8. The number of amides is 6. The lowest BCUT2D eigenvalue weighted by Crippen LogP contribution is -2.41. The first-order valence-electron chi connectivity index (χ1n) is 20.8. The zero-order chi connectivity index (χ0) is 43.6. The molecule has 0 unspecified atom stereocenters. The van der Waals surface area contributed by atoms with Gasteiger partial charge in [-0.15, -0.1) is 0 Å². The highest BCUT2D eigenvalue weighted by atomic mass is 33.1. The number of rotatable bonds is 39. The summed E-state index contributed by atoms with van der Waals surface area (Å²) >= 11 is 0. The maximum Gasteiger partial charge on any atom is 0.250 e. The van der Waals surface area contributed by atoms with Gasteiger partial charge in [-0.1, -0.05) is 134 Å². The molecule has 0 aliphatic carbocycles. The van der Waals surface area contributed by atoms with Gasteiger partial charge in [-0.3, -0.25) is 28.8 Å². The average Bonchev–Trinajstić information content (AvgIpc) is 3.21. The second-order valence-electron chi connectivity index (χ2n) is 13.5. The Kier molecular flexibility index (Phi) is 39.3. The first kappa shape index (κ1) is 55.8. The van der Waals surface area contributed by atoms with Gasteiger partial charge < -0.3 is 32.7 Å². The van der Waals surface area contributed by atoms with Crippen LogP contribution in [0, 0.1) is 0 Å². The molecule has 0 aromatic rings. The number of carbonyl (C=O) groups excluding carboxylic acids is 6. The molecular weight excluding hydrogens is 835 g/mol. The monoisotopic (exact) mass is 905 g/mol. The van der Waals surface area contributed by atoms with Gasteiger partial charge in [0.25, 0.3) is 11.8 Å². The molecule has 0 fully saturated rings. The van der Waals surface area contributed by atoms with E-state index in [-0.39, 0.29) is 97.5 Å². The van der Waals surface area contributed by atoms with Gasteiger partial charge in [0.15, 0.2) is 5.96 Å². The van der Waals surface area contributed by atoms with Crippen molar-refractivity contribution in [3.63, 3.8) is 0 Å². The Balaban J connectivity index is 4.01. The van der Waals surface area contributed by atoms with Crippen molar-refractivity contribution in [3.05, 3.63) is 0 Å². The van der Waals surface area contributed by atoms with Crippen LogP contribution >= 0.6 is 43.2 Å². The number of nitrogens with two attached hydrogens (primary N) is 2. The summed E-state index contributed by atoms with van der Waals surface area (Å²) in [6, 6.07) is -1.01. The number of hydrazone groups is 2. The van der Waals surface area contributed by atoms with Crippen LogP contribution in [0.25, 0.3) is 0 Å². The first-order chi connectivity index (χ1) is 28.6. The Labute approximate surface area is 367 Å². The van der Waals surface area contributed by atoms with Crippen molar-refractivity contribution in [1.29, 1.82) is 0 Å². The summed E-state index contributed by atoms with van der Waals surface area (Å²) in [5.74, 6) is -1.56. The molecule has 0 aliphatic rings. The molecule has 0 aromatic carbocycles. The lowest BCUT2D eigenvalue weighted by molar-refractivity contribution is -0.124. The predicted octanol–water partition coefficient (Wildman–Crippen LogP) is 4.12. The molecule has 0 heterocycles. The summed E-state index contributed by atoms with van der Waals surface area (Å²) in [5.41, 5.74) is 16.0. The van der Waals surface area contributed by atoms with E-state index in [9.17, 15) is 28.8 Å². The fourth-order valence-electron chi connectivity index (χ4n) is 5.00. The average molecular weight is 906 g/mol. The van der Waals surface area contributed by atoms with Crippen LogP contribution in [0.2, 0.25) is 0 Å². The molecular formula is C38H71N11O6S4. The zero-order valence-corrected chi connectivity index (χ0v) is 38.5. The summed E-state index contributed by atoms with van der Waals surface area (Å²) in [6.07, 6.45) is 22.2. The van der Waals surface area contributed by atoms with Gasteiger partial charge in [-0.25, -0.2) is 15.8 Å². The van der Waals surface area contributed by atoms with Crippen LogP contribution in [0.5, 0.6) is 0 Å². The third-order valence-electron chi connectivity index (χ3n) is 8.13. The van der Waals surface area contributed by atoms with Gasteiger partial charge in [0, 0.05) is 45.0 Å². The molecule has 6 amide bonds. The summed E-state index contributed by atoms with van der Waals surface area (Å²) in [5, 5.41) is 18.6. The van der Waals surface area contributed by atoms with Crippen LogP contribution in [0.4, 0.5) is 0 Å². The smallest absolute Gasteiger partial charge is 0.250 e. The number of aliphatic imine (C=N–C) groups is 1. The van der Waals surface area contributed by atoms with E-state index in [1.165, 1.54) is 114 Å². The van der Waals surface area contributed by atoms with Crippen molar-refractivity contribution >= 4 is 97.0 Å². The molecule has 0 aromatic heterocycles. The largest absolute Gasteiger partial charge is 0.370 e. The Morgan fingerprint density at radius 3 is 1.31 bits per heavy atom. The van der Waals surface area contributed by atoms with Crippen molar-refractivity contribution in [2.75, 3.05) is 49.2 Å². The Morgan fingerprint density at radius 1 is 0.508 bits per heavy atom. The van der Waals surface area contributed by atoms with E-state index in [2.05, 4.69) is 61.2 Å². The molecule has 10 N–H and O–H groups in total. The Morgan fingerprint density at radius 2 is 0.881 bits per heavy atom. The van der Waals surface area contributed by atoms with Crippen molar-refractivity contribution in [1.82, 2.24) is 32.1 Å². The zero-order valence-electron chi connectivity index (χ0n) is 35.2. The Hall–Kier alpha value is -3.17. The summed E-state index contributed by atoms with van der Waals surface area (Å²) in [6.45, 7) is 5.06. The Bertz CT molecular complexity index is 1260. The van der Waals surface area contributed by atoms with Crippen LogP contribution in [0.15, 0.2) is 15.2 Å². The van der Waals surface area contributed by atoms with Crippen molar-refractivity contribution in [2.45, 2.75) is 135 Å². The number of hydrogen-bond acceptors (Lipinski definition) is 13. The molecule has 0 saturated heterocycles. The molecule has 338 valence electrons. The van der Waals surface area contributed by atoms with E-state index in [0.717, 1.165) is 32.1 Å². The number of nitrogens with zero attached hydrogens (tertiary/aromatic N) is 3. The SMILES string of the molecule is CCCCCCCCC/C=N\NC(=O)CSSCC(=O)NCCNC(=O)CC[C@H](N=C(N)N)C(=O)NCCNC(=O)CSSCC(=O)N/N=C\CCCCCCCCC. The molecule has 0 saturated carbocycles. The molecule has 17 nitrogen and oxygen atoms in total. The number of hydrogen-bond donors (Lipinski definition) is 8. The van der Waals surface area contributed by atoms with E-state index in [0.29, 0.717) is 0 Å². The van der Waals surface area contributed by atoms with Gasteiger partial charge in [0.1, 0.15) is 6.04 Å². The number of guanidine groups is 1. The second kappa shape index (κ2) is 41.6. The van der Waals surface area contributed by atoms with Gasteiger partial charge in [0.05, 0.1) is 23.0 Å². The minimum absolute atomic E-state index is 0.0339. The molecule has 21 heteroatoms. The third kappa shape index (κ3) is 40.0. The van der Waals surface area contributed by atoms with Crippen molar-refractivity contribution in [3.8, 4) is 0 Å². The normalized spacial score (nSPS) is 11.6. The van der Waals surface area contributed by atoms with Crippen LogP contribution < -0.4 is 43.6 Å². The van der Waals surface area contributed by atoms with Gasteiger partial charge in [0.2, 0.25) is 23.6 Å². The molecule has 0 bridgehead atoms. The fraction of sp³-hybridized carbons (Fsp3) is 0.763. The van der Waals surface area contributed by atoms with Crippen LogP contribution in [-0.2, 0) is 28.8 Å². The standard InChI is InChI=1S/C38H71N11O6S4/c1-3-5-7-9-11-13-15-17-21-45-48-35(53)29-58-56-27-33(51)42-24-23-41-32(50)20-19-31(47-38(39)40)37(55)44-26-25-43-34(52)28-57-59-30-36(54)49-46-22-18-16-14-12-10-8-6-4-2/h21-22,31H,3-20,23-30H2,1-2H3,(H,41,50)(H,42,51)(H,43,52)(H,44,55)(H,48,53)(H,49,54)(H4,39,40,47)/b45-21-,46-22-/t31-/m0/s1. The molecule has 0 radical (unpaired) electrons. The number of nitrogens with one attached hydrogen (secondary N) is 6. The van der Waals surface area contributed by atoms with E-state index in [1.54, 1.807) is 12.4 Å². The van der Waals surface area contributed by atoms with Crippen molar-refractivity contribution < 1.29 is 28.8 Å². The lowest BCUT2D eigenvalue weighted by atomic mass is 10.1. The lowest BCUT2D eigenvalue weighted by Gasteiger charge is -2.14. The minimum atomic E-state index is -1.01. The maximum atomic E-state index is 12.7.